The summed E-state index contributed by atoms with van der Waals surface area (Å²) in [6.07, 6.45) is 0.506. The summed E-state index contributed by atoms with van der Waals surface area (Å²) >= 11 is 0. The first kappa shape index (κ1) is 24.0. The molecule has 1 aliphatic rings. The van der Waals surface area contributed by atoms with Gasteiger partial charge in [-0.25, -0.2) is 5.21 Å². The third-order valence-corrected chi connectivity index (χ3v) is 5.29. The summed E-state index contributed by atoms with van der Waals surface area (Å²) in [4.78, 5) is 37.2. The fourth-order valence-electron chi connectivity index (χ4n) is 3.62. The Kier molecular flexibility index (Phi) is 8.95. The predicted octanol–water partition coefficient (Wildman–Crippen LogP) is 1.66. The molecule has 2 rings (SSSR count). The molecule has 8 nitrogen and oxygen atoms in total. The first-order valence-corrected chi connectivity index (χ1v) is 10.4. The Bertz CT molecular complexity index is 716. The van der Waals surface area contributed by atoms with Crippen LogP contribution in [0.25, 0.3) is 0 Å². The van der Waals surface area contributed by atoms with Gasteiger partial charge in [0.15, 0.2) is 12.3 Å². The molecule has 1 saturated heterocycles. The summed E-state index contributed by atoms with van der Waals surface area (Å²) < 4.78 is 4.80. The lowest BCUT2D eigenvalue weighted by molar-refractivity contribution is -1.10. The van der Waals surface area contributed by atoms with Crippen molar-refractivity contribution >= 4 is 17.7 Å². The van der Waals surface area contributed by atoms with E-state index in [-0.39, 0.29) is 31.1 Å². The number of nitrogens with zero attached hydrogens (tertiary/aromatic N) is 1. The van der Waals surface area contributed by atoms with Gasteiger partial charge in [-0.2, -0.15) is 4.65 Å². The number of quaternary nitrogens is 1. The van der Waals surface area contributed by atoms with Gasteiger partial charge in [-0.1, -0.05) is 44.2 Å². The summed E-state index contributed by atoms with van der Waals surface area (Å²) in [5.41, 5.74) is 0.848. The maximum absolute atomic E-state index is 12.9. The summed E-state index contributed by atoms with van der Waals surface area (Å²) in [5, 5.41) is 22.8. The maximum Gasteiger partial charge on any atom is 0.307 e. The number of amides is 1. The highest BCUT2D eigenvalue weighted by Crippen LogP contribution is 2.17. The maximum atomic E-state index is 12.9. The summed E-state index contributed by atoms with van der Waals surface area (Å²) in [6.45, 7) is 5.09. The van der Waals surface area contributed by atoms with Gasteiger partial charge in [-0.15, -0.1) is 0 Å². The van der Waals surface area contributed by atoms with Crippen LogP contribution < -0.4 is 5.32 Å². The molecule has 0 aromatic heterocycles. The molecule has 166 valence electrons. The number of hydrogen-bond donors (Lipinski definition) is 3. The number of carbonyl (C=O) groups excluding carboxylic acids is 2. The van der Waals surface area contributed by atoms with Gasteiger partial charge in [0, 0.05) is 6.42 Å². The zero-order chi connectivity index (χ0) is 22.1. The van der Waals surface area contributed by atoms with Crippen molar-refractivity contribution in [1.82, 2.24) is 5.32 Å². The molecular formula is C22H33N2O6+. The number of carboxylic acid groups (broad SMARTS) is 1. The normalized spacial score (nSPS) is 17.9. The highest BCUT2D eigenvalue weighted by Gasteiger charge is 2.34. The van der Waals surface area contributed by atoms with E-state index in [1.807, 2.05) is 44.2 Å². The van der Waals surface area contributed by atoms with Crippen LogP contribution in [0.4, 0.5) is 0 Å². The molecule has 0 aliphatic carbocycles. The second kappa shape index (κ2) is 11.2. The lowest BCUT2D eigenvalue weighted by atomic mass is 9.90. The molecule has 0 radical (unpaired) electrons. The van der Waals surface area contributed by atoms with Gasteiger partial charge in [0.05, 0.1) is 25.2 Å². The lowest BCUT2D eigenvalue weighted by Gasteiger charge is -2.33. The van der Waals surface area contributed by atoms with Crippen LogP contribution in [-0.4, -0.2) is 71.5 Å². The van der Waals surface area contributed by atoms with Gasteiger partial charge in [0.1, 0.15) is 13.1 Å². The molecule has 1 aromatic rings. The predicted molar refractivity (Wildman–Crippen MR) is 110 cm³/mol. The van der Waals surface area contributed by atoms with Crippen LogP contribution in [-0.2, 0) is 25.5 Å². The minimum atomic E-state index is -1.03. The Balaban J connectivity index is 2.02. The molecule has 0 unspecified atom stereocenters. The van der Waals surface area contributed by atoms with E-state index in [9.17, 15) is 24.7 Å². The second-order valence-electron chi connectivity index (χ2n) is 8.46. The van der Waals surface area contributed by atoms with Crippen LogP contribution in [0.2, 0.25) is 0 Å². The van der Waals surface area contributed by atoms with Crippen LogP contribution in [0.5, 0.6) is 0 Å². The van der Waals surface area contributed by atoms with Gasteiger partial charge < -0.3 is 15.2 Å². The number of morpholine rings is 1. The Morgan fingerprint density at radius 3 is 2.33 bits per heavy atom. The number of ether oxygens (including phenoxy) is 1. The third kappa shape index (κ3) is 7.85. The molecule has 0 spiro atoms. The minimum Gasteiger partial charge on any atom is -0.481 e. The summed E-state index contributed by atoms with van der Waals surface area (Å²) in [6, 6.07) is 8.40. The number of carboxylic acids is 1. The van der Waals surface area contributed by atoms with E-state index in [0.29, 0.717) is 32.7 Å². The average Bonchev–Trinajstić information content (AvgIpc) is 2.67. The van der Waals surface area contributed by atoms with Gasteiger partial charge in [0.2, 0.25) is 0 Å². The zero-order valence-corrected chi connectivity index (χ0v) is 17.8. The quantitative estimate of drug-likeness (QED) is 0.469. The Hall–Kier alpha value is -2.29. The van der Waals surface area contributed by atoms with Crippen LogP contribution in [0.3, 0.4) is 0 Å². The van der Waals surface area contributed by atoms with E-state index >= 15 is 0 Å². The Morgan fingerprint density at radius 1 is 1.13 bits per heavy atom. The molecule has 30 heavy (non-hydrogen) atoms. The molecule has 0 bridgehead atoms. The molecule has 8 heteroatoms. The van der Waals surface area contributed by atoms with Crippen LogP contribution >= 0.6 is 0 Å². The molecule has 3 N–H and O–H groups in total. The highest BCUT2D eigenvalue weighted by atomic mass is 16.6. The Morgan fingerprint density at radius 2 is 1.77 bits per heavy atom. The van der Waals surface area contributed by atoms with Gasteiger partial charge >= 0.3 is 5.97 Å². The number of carbonyl (C=O) groups is 3. The van der Waals surface area contributed by atoms with Crippen molar-refractivity contribution in [2.24, 2.45) is 11.8 Å². The van der Waals surface area contributed by atoms with Crippen molar-refractivity contribution in [3.8, 4) is 0 Å². The molecule has 1 aliphatic heterocycles. The van der Waals surface area contributed by atoms with Crippen molar-refractivity contribution in [3.05, 3.63) is 35.9 Å². The van der Waals surface area contributed by atoms with E-state index in [1.54, 1.807) is 0 Å². The monoisotopic (exact) mass is 421 g/mol. The smallest absolute Gasteiger partial charge is 0.307 e. The van der Waals surface area contributed by atoms with E-state index in [0.717, 1.165) is 5.56 Å². The third-order valence-electron chi connectivity index (χ3n) is 5.29. The van der Waals surface area contributed by atoms with E-state index in [1.165, 1.54) is 0 Å². The fraction of sp³-hybridized carbons (Fsp3) is 0.591. The largest absolute Gasteiger partial charge is 0.481 e. The SMILES string of the molecule is CC(C)C[C@H](NC(=O)C[N+]1(O)CCOCC1)C(=O)C[C@@H](Cc1ccccc1)C(=O)O. The lowest BCUT2D eigenvalue weighted by Crippen LogP contribution is -2.58. The highest BCUT2D eigenvalue weighted by molar-refractivity contribution is 5.91. The van der Waals surface area contributed by atoms with E-state index < -0.39 is 28.5 Å². The molecule has 1 amide bonds. The number of hydroxylamine groups is 3. The molecule has 0 saturated carbocycles. The van der Waals surface area contributed by atoms with E-state index in [4.69, 9.17) is 4.74 Å². The van der Waals surface area contributed by atoms with Crippen molar-refractivity contribution < 1.29 is 34.1 Å². The molecule has 1 aromatic carbocycles. The zero-order valence-electron chi connectivity index (χ0n) is 17.8. The molecule has 1 heterocycles. The summed E-state index contributed by atoms with van der Waals surface area (Å²) in [5.74, 6) is -2.48. The minimum absolute atomic E-state index is 0.136. The number of rotatable bonds is 11. The molecule has 2 atom stereocenters. The number of benzene rings is 1. The van der Waals surface area contributed by atoms with Gasteiger partial charge in [0.25, 0.3) is 5.91 Å². The molecule has 1 fully saturated rings. The fourth-order valence-corrected chi connectivity index (χ4v) is 3.62. The molecular weight excluding hydrogens is 388 g/mol. The first-order chi connectivity index (χ1) is 14.2. The first-order valence-electron chi connectivity index (χ1n) is 10.4. The van der Waals surface area contributed by atoms with Crippen molar-refractivity contribution in [3.63, 3.8) is 0 Å². The summed E-state index contributed by atoms with van der Waals surface area (Å²) in [7, 11) is 0. The number of aliphatic carboxylic acids is 1. The second-order valence-corrected chi connectivity index (χ2v) is 8.46. The van der Waals surface area contributed by atoms with E-state index in [2.05, 4.69) is 5.32 Å². The number of ketones is 1. The topological polar surface area (TPSA) is 113 Å². The van der Waals surface area contributed by atoms with Gasteiger partial charge in [-0.3, -0.25) is 14.4 Å². The van der Waals surface area contributed by atoms with Crippen LogP contribution in [0.15, 0.2) is 30.3 Å². The van der Waals surface area contributed by atoms with Crippen LogP contribution in [0, 0.1) is 11.8 Å². The number of nitrogens with one attached hydrogen (secondary N) is 1. The number of Topliss-reactive ketones (excluding diaryl/α,β-unsaturated/α-hetero) is 1. The van der Waals surface area contributed by atoms with Crippen molar-refractivity contribution in [1.29, 1.82) is 0 Å². The van der Waals surface area contributed by atoms with Gasteiger partial charge in [-0.05, 0) is 24.3 Å². The van der Waals surface area contributed by atoms with Crippen molar-refractivity contribution in [2.45, 2.75) is 39.2 Å². The number of hydrogen-bond acceptors (Lipinski definition) is 5. The average molecular weight is 422 g/mol. The standard InChI is InChI=1S/C22H32N2O6/c1-16(2)12-19(23-21(26)15-24(29)8-10-30-11-9-24)20(25)14-18(22(27)28)13-17-6-4-3-5-7-17/h3-7,16,18-19,29H,8-15H2,1-2H3,(H-,23,26,27,28)/p+1/t18-,19+/m1/s1. The van der Waals surface area contributed by atoms with Crippen LogP contribution in [0.1, 0.15) is 32.3 Å². The Labute approximate surface area is 177 Å². The van der Waals surface area contributed by atoms with Crippen molar-refractivity contribution in [2.75, 3.05) is 32.8 Å².